The number of hydrogen-bond acceptors (Lipinski definition) is 4. The van der Waals surface area contributed by atoms with Crippen LogP contribution in [0.15, 0.2) is 12.1 Å². The first-order chi connectivity index (χ1) is 7.83. The highest BCUT2D eigenvalue weighted by atomic mass is 19.3. The summed E-state index contributed by atoms with van der Waals surface area (Å²) < 4.78 is 52.6. The molecule has 94 valence electrons. The normalized spacial score (nSPS) is 11.6. The van der Waals surface area contributed by atoms with Crippen molar-refractivity contribution in [3.05, 3.63) is 17.8 Å². The first-order valence-corrected chi connectivity index (χ1v) is 4.19. The molecule has 0 spiro atoms. The Hall–Kier alpha value is -1.93. The largest absolute Gasteiger partial charge is 0.476 e. The van der Waals surface area contributed by atoms with Gasteiger partial charge in [-0.2, -0.15) is 8.78 Å². The fourth-order valence-corrected chi connectivity index (χ4v) is 0.744. The molecule has 0 bridgehead atoms. The van der Waals surface area contributed by atoms with Crippen molar-refractivity contribution >= 4 is 5.97 Å². The third kappa shape index (κ3) is 3.54. The highest BCUT2D eigenvalue weighted by Gasteiger charge is 2.41. The Labute approximate surface area is 92.0 Å². The van der Waals surface area contributed by atoms with E-state index < -0.39 is 36.5 Å². The molecule has 0 aliphatic rings. The fraction of sp³-hybridized carbons (Fsp3) is 0.375. The molecule has 0 saturated carbocycles. The minimum absolute atomic E-state index is 0.419. The quantitative estimate of drug-likeness (QED) is 0.805. The highest BCUT2D eigenvalue weighted by molar-refractivity contribution is 5.84. The van der Waals surface area contributed by atoms with Gasteiger partial charge in [0.05, 0.1) is 0 Å². The van der Waals surface area contributed by atoms with E-state index in [9.17, 15) is 22.4 Å². The number of hydrogen-bond donors (Lipinski definition) is 1. The second-order valence-electron chi connectivity index (χ2n) is 2.91. The summed E-state index contributed by atoms with van der Waals surface area (Å²) in [6.07, 6.45) is -3.85. The molecule has 0 aliphatic carbocycles. The molecule has 0 radical (unpaired) electrons. The van der Waals surface area contributed by atoms with Crippen LogP contribution in [0, 0.1) is 0 Å². The molecule has 0 fully saturated rings. The van der Waals surface area contributed by atoms with Crippen molar-refractivity contribution in [2.24, 2.45) is 0 Å². The summed E-state index contributed by atoms with van der Waals surface area (Å²) in [7, 11) is 0. The average molecular weight is 254 g/mol. The molecule has 0 aromatic carbocycles. The molecule has 1 aromatic rings. The van der Waals surface area contributed by atoms with E-state index in [1.807, 2.05) is 0 Å². The second kappa shape index (κ2) is 4.93. The number of halogens is 4. The third-order valence-electron chi connectivity index (χ3n) is 1.59. The van der Waals surface area contributed by atoms with Crippen LogP contribution in [0.4, 0.5) is 17.6 Å². The zero-order valence-corrected chi connectivity index (χ0v) is 8.11. The van der Waals surface area contributed by atoms with Crippen LogP contribution < -0.4 is 4.74 Å². The monoisotopic (exact) mass is 254 g/mol. The molecular formula is C8H6F4N2O3. The van der Waals surface area contributed by atoms with Gasteiger partial charge in [-0.15, -0.1) is 10.2 Å². The summed E-state index contributed by atoms with van der Waals surface area (Å²) in [5.41, 5.74) is -0.419. The smallest absolute Gasteiger partial charge is 0.356 e. The van der Waals surface area contributed by atoms with Crippen molar-refractivity contribution in [2.75, 3.05) is 6.61 Å². The Balaban J connectivity index is 2.62. The third-order valence-corrected chi connectivity index (χ3v) is 1.59. The van der Waals surface area contributed by atoms with E-state index in [0.29, 0.717) is 0 Å². The Bertz CT molecular complexity index is 396. The van der Waals surface area contributed by atoms with Gasteiger partial charge in [0.1, 0.15) is 0 Å². The van der Waals surface area contributed by atoms with Gasteiger partial charge in [-0.25, -0.2) is 13.6 Å². The maximum Gasteiger partial charge on any atom is 0.356 e. The Morgan fingerprint density at radius 1 is 1.41 bits per heavy atom. The van der Waals surface area contributed by atoms with Gasteiger partial charge in [0.15, 0.2) is 12.3 Å². The van der Waals surface area contributed by atoms with Gasteiger partial charge in [-0.05, 0) is 6.07 Å². The number of nitrogens with zero attached hydrogens (tertiary/aromatic N) is 2. The lowest BCUT2D eigenvalue weighted by atomic mass is 10.4. The number of alkyl halides is 4. The zero-order valence-electron chi connectivity index (χ0n) is 8.11. The van der Waals surface area contributed by atoms with Crippen LogP contribution in [-0.2, 0) is 0 Å². The molecule has 9 heteroatoms. The van der Waals surface area contributed by atoms with E-state index in [1.165, 1.54) is 0 Å². The van der Waals surface area contributed by atoms with Crippen LogP contribution in [0.25, 0.3) is 0 Å². The fourth-order valence-electron chi connectivity index (χ4n) is 0.744. The summed E-state index contributed by atoms with van der Waals surface area (Å²) in [6.45, 7) is -1.56. The highest BCUT2D eigenvalue weighted by Crippen LogP contribution is 2.23. The average Bonchev–Trinajstić information content (AvgIpc) is 2.27. The molecule has 1 N–H and O–H groups in total. The van der Waals surface area contributed by atoms with Crippen molar-refractivity contribution in [2.45, 2.75) is 12.3 Å². The van der Waals surface area contributed by atoms with Crippen LogP contribution in [-0.4, -0.2) is 40.2 Å². The molecule has 0 aliphatic heterocycles. The van der Waals surface area contributed by atoms with Gasteiger partial charge in [0, 0.05) is 6.07 Å². The summed E-state index contributed by atoms with van der Waals surface area (Å²) in [6, 6.07) is 1.89. The number of carbonyl (C=O) groups is 1. The minimum atomic E-state index is -4.30. The van der Waals surface area contributed by atoms with Crippen molar-refractivity contribution in [1.82, 2.24) is 10.2 Å². The number of carboxylic acid groups (broad SMARTS) is 1. The molecule has 1 rings (SSSR count). The SMILES string of the molecule is O=C(O)c1ccc(OCC(F)(F)C(F)F)nn1. The van der Waals surface area contributed by atoms with Gasteiger partial charge in [-0.3, -0.25) is 0 Å². The molecule has 0 amide bonds. The Morgan fingerprint density at radius 2 is 2.06 bits per heavy atom. The Morgan fingerprint density at radius 3 is 2.47 bits per heavy atom. The maximum atomic E-state index is 12.4. The van der Waals surface area contributed by atoms with Crippen LogP contribution in [0.5, 0.6) is 5.88 Å². The summed E-state index contributed by atoms with van der Waals surface area (Å²) in [4.78, 5) is 10.4. The zero-order chi connectivity index (χ0) is 13.1. The standard InChI is InChI=1S/C8H6F4N2O3/c9-7(10)8(11,12)3-17-5-2-1-4(6(15)16)13-14-5/h1-2,7H,3H2,(H,15,16). The van der Waals surface area contributed by atoms with Crippen molar-refractivity contribution in [1.29, 1.82) is 0 Å². The van der Waals surface area contributed by atoms with Gasteiger partial charge in [0.25, 0.3) is 0 Å². The number of carboxylic acids is 1. The number of ether oxygens (including phenoxy) is 1. The molecular weight excluding hydrogens is 248 g/mol. The van der Waals surface area contributed by atoms with Crippen LogP contribution >= 0.6 is 0 Å². The van der Waals surface area contributed by atoms with E-state index in [1.54, 1.807) is 0 Å². The number of aromatic nitrogens is 2. The Kier molecular flexibility index (Phi) is 3.81. The van der Waals surface area contributed by atoms with Crippen LogP contribution in [0.3, 0.4) is 0 Å². The van der Waals surface area contributed by atoms with E-state index in [2.05, 4.69) is 14.9 Å². The molecule has 1 heterocycles. The number of aromatic carboxylic acids is 1. The summed E-state index contributed by atoms with van der Waals surface area (Å²) in [5, 5.41) is 14.7. The van der Waals surface area contributed by atoms with Crippen molar-refractivity contribution < 1.29 is 32.2 Å². The molecule has 0 unspecified atom stereocenters. The molecule has 5 nitrogen and oxygen atoms in total. The van der Waals surface area contributed by atoms with Crippen LogP contribution in [0.1, 0.15) is 10.5 Å². The molecule has 0 saturated heterocycles. The summed E-state index contributed by atoms with van der Waals surface area (Å²) >= 11 is 0. The first kappa shape index (κ1) is 13.1. The predicted molar refractivity (Wildman–Crippen MR) is 45.4 cm³/mol. The second-order valence-corrected chi connectivity index (χ2v) is 2.91. The molecule has 0 atom stereocenters. The van der Waals surface area contributed by atoms with E-state index in [0.717, 1.165) is 12.1 Å². The van der Waals surface area contributed by atoms with Crippen molar-refractivity contribution in [3.63, 3.8) is 0 Å². The summed E-state index contributed by atoms with van der Waals surface area (Å²) in [5.74, 6) is -6.12. The van der Waals surface area contributed by atoms with E-state index in [4.69, 9.17) is 5.11 Å². The van der Waals surface area contributed by atoms with E-state index >= 15 is 0 Å². The lowest BCUT2D eigenvalue weighted by Gasteiger charge is -2.14. The van der Waals surface area contributed by atoms with Gasteiger partial charge in [-0.1, -0.05) is 0 Å². The first-order valence-electron chi connectivity index (χ1n) is 4.19. The van der Waals surface area contributed by atoms with Gasteiger partial charge in [0.2, 0.25) is 5.88 Å². The topological polar surface area (TPSA) is 72.3 Å². The molecule has 1 aromatic heterocycles. The molecule has 17 heavy (non-hydrogen) atoms. The van der Waals surface area contributed by atoms with Gasteiger partial charge >= 0.3 is 18.3 Å². The van der Waals surface area contributed by atoms with E-state index in [-0.39, 0.29) is 0 Å². The number of rotatable bonds is 5. The van der Waals surface area contributed by atoms with Gasteiger partial charge < -0.3 is 9.84 Å². The lowest BCUT2D eigenvalue weighted by Crippen LogP contribution is -2.33. The maximum absolute atomic E-state index is 12.4. The van der Waals surface area contributed by atoms with Crippen LogP contribution in [0.2, 0.25) is 0 Å². The lowest BCUT2D eigenvalue weighted by molar-refractivity contribution is -0.148. The minimum Gasteiger partial charge on any atom is -0.476 e. The predicted octanol–water partition coefficient (Wildman–Crippen LogP) is 1.45. The van der Waals surface area contributed by atoms with Crippen molar-refractivity contribution in [3.8, 4) is 5.88 Å².